The lowest BCUT2D eigenvalue weighted by Crippen LogP contribution is -2.41. The molecule has 2 aromatic carbocycles. The van der Waals surface area contributed by atoms with Crippen LogP contribution in [0, 0.1) is 11.8 Å². The molecule has 1 unspecified atom stereocenters. The largest absolute Gasteiger partial charge is 0.0764 e. The third kappa shape index (κ3) is 2.53. The van der Waals surface area contributed by atoms with Gasteiger partial charge in [0.05, 0.1) is 0 Å². The molecule has 1 atom stereocenters. The van der Waals surface area contributed by atoms with Crippen LogP contribution < -0.4 is 0 Å². The first kappa shape index (κ1) is 15.9. The van der Waals surface area contributed by atoms with E-state index < -0.39 is 0 Å². The lowest BCUT2D eigenvalue weighted by Gasteiger charge is -2.44. The van der Waals surface area contributed by atoms with Crippen molar-refractivity contribution < 1.29 is 0 Å². The molecule has 2 aromatic rings. The van der Waals surface area contributed by atoms with E-state index >= 15 is 0 Å². The summed E-state index contributed by atoms with van der Waals surface area (Å²) in [6, 6.07) is 22.1. The molecule has 0 saturated carbocycles. The van der Waals surface area contributed by atoms with Crippen molar-refractivity contribution in [3.05, 3.63) is 119 Å². The monoisotopic (exact) mass is 324 g/mol. The summed E-state index contributed by atoms with van der Waals surface area (Å²) in [5, 5.41) is 0. The molecule has 25 heavy (non-hydrogen) atoms. The second-order valence-corrected chi connectivity index (χ2v) is 7.17. The van der Waals surface area contributed by atoms with E-state index in [2.05, 4.69) is 111 Å². The van der Waals surface area contributed by atoms with Gasteiger partial charge in [-0.15, -0.1) is 0 Å². The van der Waals surface area contributed by atoms with Crippen LogP contribution in [-0.4, -0.2) is 0 Å². The molecule has 0 saturated heterocycles. The molecule has 2 aliphatic rings. The number of hydrogen-bond donors (Lipinski definition) is 0. The van der Waals surface area contributed by atoms with Crippen molar-refractivity contribution >= 4 is 0 Å². The molecule has 0 fully saturated rings. The lowest BCUT2D eigenvalue weighted by atomic mass is 9.58. The fraction of sp³-hybridized carbons (Fsp3) is 0.200. The maximum Gasteiger partial charge on any atom is 0.0400 e. The van der Waals surface area contributed by atoms with Gasteiger partial charge in [-0.1, -0.05) is 108 Å². The minimum atomic E-state index is -0.121. The van der Waals surface area contributed by atoms with Gasteiger partial charge in [-0.05, 0) is 25.0 Å². The molecule has 0 heterocycles. The van der Waals surface area contributed by atoms with E-state index in [-0.39, 0.29) is 5.41 Å². The molecule has 0 N–H and O–H groups in total. The van der Waals surface area contributed by atoms with Gasteiger partial charge in [0.25, 0.3) is 0 Å². The van der Waals surface area contributed by atoms with Crippen molar-refractivity contribution in [3.63, 3.8) is 0 Å². The van der Waals surface area contributed by atoms with Crippen molar-refractivity contribution in [3.8, 4) is 0 Å². The number of hydrogen-bond acceptors (Lipinski definition) is 0. The number of rotatable bonds is 4. The highest BCUT2D eigenvalue weighted by Crippen LogP contribution is 2.52. The van der Waals surface area contributed by atoms with Crippen LogP contribution in [0.3, 0.4) is 0 Å². The lowest BCUT2D eigenvalue weighted by molar-refractivity contribution is 0.368. The maximum absolute atomic E-state index is 2.45. The van der Waals surface area contributed by atoms with Crippen molar-refractivity contribution in [2.45, 2.75) is 19.3 Å². The number of allylic oxidation sites excluding steroid dienone is 8. The summed E-state index contributed by atoms with van der Waals surface area (Å²) in [5.74, 6) is 0.697. The molecule has 0 bridgehead atoms. The van der Waals surface area contributed by atoms with E-state index in [4.69, 9.17) is 0 Å². The van der Waals surface area contributed by atoms with E-state index in [0.29, 0.717) is 11.8 Å². The Morgan fingerprint density at radius 1 is 0.720 bits per heavy atom. The van der Waals surface area contributed by atoms with Crippen molar-refractivity contribution in [1.29, 1.82) is 0 Å². The van der Waals surface area contributed by atoms with Crippen molar-refractivity contribution in [2.75, 3.05) is 0 Å². The molecule has 4 rings (SSSR count). The summed E-state index contributed by atoms with van der Waals surface area (Å²) in [5.41, 5.74) is 5.45. The normalized spacial score (nSPS) is 20.0. The first-order valence-electron chi connectivity index (χ1n) is 9.05. The van der Waals surface area contributed by atoms with Gasteiger partial charge < -0.3 is 0 Å². The Morgan fingerprint density at radius 2 is 1.24 bits per heavy atom. The summed E-state index contributed by atoms with van der Waals surface area (Å²) in [6.45, 7) is 4.49. The van der Waals surface area contributed by atoms with Gasteiger partial charge in [0.1, 0.15) is 0 Å². The Balaban J connectivity index is 2.04. The quantitative estimate of drug-likeness (QED) is 0.624. The van der Waals surface area contributed by atoms with Crippen LogP contribution in [0.2, 0.25) is 0 Å². The first-order valence-corrected chi connectivity index (χ1v) is 9.05. The maximum atomic E-state index is 2.45. The highest BCUT2D eigenvalue weighted by Gasteiger charge is 2.47. The van der Waals surface area contributed by atoms with Gasteiger partial charge in [-0.2, -0.15) is 0 Å². The Morgan fingerprint density at radius 3 is 1.68 bits per heavy atom. The number of benzene rings is 2. The van der Waals surface area contributed by atoms with E-state index in [1.54, 1.807) is 0 Å². The molecule has 0 aromatic heterocycles. The van der Waals surface area contributed by atoms with Crippen molar-refractivity contribution in [1.82, 2.24) is 0 Å². The molecule has 0 heteroatoms. The minimum Gasteiger partial charge on any atom is -0.0764 e. The summed E-state index contributed by atoms with van der Waals surface area (Å²) in [4.78, 5) is 0. The van der Waals surface area contributed by atoms with Crippen LogP contribution in [0.25, 0.3) is 0 Å². The molecule has 0 aliphatic heterocycles. The molecule has 0 radical (unpaired) electrons. The van der Waals surface area contributed by atoms with Gasteiger partial charge in [0.2, 0.25) is 0 Å². The molecule has 0 amide bonds. The fourth-order valence-electron chi connectivity index (χ4n) is 4.66. The van der Waals surface area contributed by atoms with Gasteiger partial charge in [-0.25, -0.2) is 0 Å². The Bertz CT molecular complexity index is 811. The van der Waals surface area contributed by atoms with E-state index in [9.17, 15) is 0 Å². The molecular weight excluding hydrogens is 300 g/mol. The molecule has 2 aliphatic carbocycles. The smallest absolute Gasteiger partial charge is 0.0400 e. The predicted octanol–water partition coefficient (Wildman–Crippen LogP) is 6.24. The summed E-state index contributed by atoms with van der Waals surface area (Å²) in [7, 11) is 0. The van der Waals surface area contributed by atoms with E-state index in [1.165, 1.54) is 22.3 Å². The van der Waals surface area contributed by atoms with Crippen LogP contribution in [-0.2, 0) is 5.41 Å². The second-order valence-electron chi connectivity index (χ2n) is 7.17. The second kappa shape index (κ2) is 6.37. The average Bonchev–Trinajstić information content (AvgIpc) is 3.29. The predicted molar refractivity (Wildman–Crippen MR) is 106 cm³/mol. The average molecular weight is 324 g/mol. The van der Waals surface area contributed by atoms with Crippen molar-refractivity contribution in [2.24, 2.45) is 11.8 Å². The Labute approximate surface area is 150 Å². The molecule has 0 nitrogen and oxygen atoms in total. The SMILES string of the molecule is CC1=CC(C(c2ccccc2)(c2ccccc2)C2C=CC=C2)C(C)=C1. The van der Waals surface area contributed by atoms with Gasteiger partial charge >= 0.3 is 0 Å². The topological polar surface area (TPSA) is 0 Å². The molecule has 0 spiro atoms. The zero-order valence-corrected chi connectivity index (χ0v) is 14.9. The summed E-state index contributed by atoms with van der Waals surface area (Å²) in [6.07, 6.45) is 13.9. The Kier molecular flexibility index (Phi) is 4.05. The van der Waals surface area contributed by atoms with Gasteiger partial charge in [-0.3, -0.25) is 0 Å². The van der Waals surface area contributed by atoms with E-state index in [0.717, 1.165) is 0 Å². The summed E-state index contributed by atoms with van der Waals surface area (Å²) >= 11 is 0. The van der Waals surface area contributed by atoms with Crippen LogP contribution in [0.15, 0.2) is 108 Å². The van der Waals surface area contributed by atoms with Crippen LogP contribution >= 0.6 is 0 Å². The summed E-state index contributed by atoms with van der Waals surface area (Å²) < 4.78 is 0. The fourth-order valence-corrected chi connectivity index (χ4v) is 4.66. The Hall–Kier alpha value is -2.60. The standard InChI is InChI=1S/C25H24/c1-19-17-20(2)24(18-19)25(23-15-9-10-16-23,21-11-5-3-6-12-21)22-13-7-4-8-14-22/h3-18,23-24H,1-2H3. The zero-order chi connectivity index (χ0) is 17.3. The third-order valence-electron chi connectivity index (χ3n) is 5.64. The van der Waals surface area contributed by atoms with Crippen LogP contribution in [0.5, 0.6) is 0 Å². The third-order valence-corrected chi connectivity index (χ3v) is 5.64. The van der Waals surface area contributed by atoms with Crippen LogP contribution in [0.1, 0.15) is 25.0 Å². The highest BCUT2D eigenvalue weighted by atomic mass is 14.5. The zero-order valence-electron chi connectivity index (χ0n) is 14.9. The minimum absolute atomic E-state index is 0.121. The van der Waals surface area contributed by atoms with E-state index in [1.807, 2.05) is 0 Å². The molecule has 124 valence electrons. The highest BCUT2D eigenvalue weighted by molar-refractivity contribution is 5.52. The van der Waals surface area contributed by atoms with Crippen LogP contribution in [0.4, 0.5) is 0 Å². The van der Waals surface area contributed by atoms with Gasteiger partial charge in [0.15, 0.2) is 0 Å². The first-order chi connectivity index (χ1) is 12.2. The molecular formula is C25H24. The van der Waals surface area contributed by atoms with Gasteiger partial charge in [0, 0.05) is 17.3 Å².